The number of esters is 3. The van der Waals surface area contributed by atoms with E-state index >= 15 is 0 Å². The van der Waals surface area contributed by atoms with Crippen LogP contribution in [0.3, 0.4) is 0 Å². The van der Waals surface area contributed by atoms with E-state index in [-0.39, 0.29) is 5.76 Å². The number of carbonyl (C=O) groups is 3. The largest absolute Gasteiger partial charge is 0.465 e. The van der Waals surface area contributed by atoms with E-state index in [1.807, 2.05) is 0 Å². The lowest BCUT2D eigenvalue weighted by Gasteiger charge is -2.15. The Morgan fingerprint density at radius 2 is 1.32 bits per heavy atom. The third kappa shape index (κ3) is 5.32. The van der Waals surface area contributed by atoms with Crippen molar-refractivity contribution in [3.8, 4) is 0 Å². The number of methoxy groups -OCH3 is 2. The average molecular weight is 402 g/mol. The highest BCUT2D eigenvalue weighted by atomic mass is 79.9. The molecule has 2 atom stereocenters. The Kier molecular flexibility index (Phi) is 7.93. The lowest BCUT2D eigenvalue weighted by atomic mass is 10.2. The van der Waals surface area contributed by atoms with Gasteiger partial charge in [0.1, 0.15) is 10.6 Å². The Morgan fingerprint density at radius 3 is 1.58 bits per heavy atom. The molecule has 0 fully saturated rings. The van der Waals surface area contributed by atoms with Gasteiger partial charge in [0.2, 0.25) is 0 Å². The molecule has 0 aliphatic rings. The van der Waals surface area contributed by atoms with Gasteiger partial charge in [-0.1, -0.05) is 31.9 Å². The van der Waals surface area contributed by atoms with Gasteiger partial charge >= 0.3 is 17.9 Å². The Hall–Kier alpha value is -0.890. The number of carbonyl (C=O) groups excluding carboxylic acids is 3. The van der Waals surface area contributed by atoms with Crippen LogP contribution in [-0.4, -0.2) is 41.8 Å². The number of alkyl halides is 2. The zero-order chi connectivity index (χ0) is 15.2. The quantitative estimate of drug-likeness (QED) is 0.133. The molecule has 108 valence electrons. The second-order valence-electron chi connectivity index (χ2n) is 3.38. The average Bonchev–Trinajstić information content (AvgIpc) is 2.36. The van der Waals surface area contributed by atoms with Gasteiger partial charge in [0.25, 0.3) is 0 Å². The second-order valence-corrected chi connectivity index (χ2v) is 6.12. The van der Waals surface area contributed by atoms with E-state index in [1.165, 1.54) is 0 Å². The first-order valence-electron chi connectivity index (χ1n) is 5.16. The predicted octanol–water partition coefficient (Wildman–Crippen LogP) is 1.70. The van der Waals surface area contributed by atoms with Crippen LogP contribution in [0.15, 0.2) is 11.3 Å². The third-order valence-electron chi connectivity index (χ3n) is 1.92. The van der Waals surface area contributed by atoms with E-state index in [1.54, 1.807) is 13.8 Å². The Labute approximate surface area is 127 Å². The topological polar surface area (TPSA) is 78.9 Å². The summed E-state index contributed by atoms with van der Waals surface area (Å²) in [5.41, 5.74) is -0.462. The van der Waals surface area contributed by atoms with Crippen molar-refractivity contribution >= 4 is 49.8 Å². The molecule has 0 aromatic heterocycles. The normalized spacial score (nSPS) is 12.9. The van der Waals surface area contributed by atoms with Gasteiger partial charge in [-0.3, -0.25) is 4.79 Å². The van der Waals surface area contributed by atoms with Crippen molar-refractivity contribution in [3.05, 3.63) is 11.3 Å². The fourth-order valence-corrected chi connectivity index (χ4v) is 1.43. The molecule has 6 nitrogen and oxygen atoms in total. The van der Waals surface area contributed by atoms with E-state index < -0.39 is 33.1 Å². The van der Waals surface area contributed by atoms with Crippen molar-refractivity contribution in [1.29, 1.82) is 0 Å². The Morgan fingerprint density at radius 1 is 0.895 bits per heavy atom. The molecule has 19 heavy (non-hydrogen) atoms. The molecule has 0 bridgehead atoms. The molecule has 0 radical (unpaired) electrons. The molecule has 0 amide bonds. The van der Waals surface area contributed by atoms with Crippen molar-refractivity contribution < 1.29 is 28.6 Å². The maximum atomic E-state index is 11.6. The number of allylic oxidation sites excluding steroid dienone is 1. The van der Waals surface area contributed by atoms with Crippen LogP contribution in [0, 0.1) is 0 Å². The highest BCUT2D eigenvalue weighted by molar-refractivity contribution is 9.10. The van der Waals surface area contributed by atoms with Gasteiger partial charge in [0.05, 0.1) is 19.0 Å². The number of hydrogen-bond acceptors (Lipinski definition) is 6. The summed E-state index contributed by atoms with van der Waals surface area (Å²) in [7, 11) is 2.22. The summed E-state index contributed by atoms with van der Waals surface area (Å²) in [5.74, 6) is -2.69. The molecule has 0 spiro atoms. The molecule has 0 aromatic carbocycles. The lowest BCUT2D eigenvalue weighted by molar-refractivity contribution is -0.145. The summed E-state index contributed by atoms with van der Waals surface area (Å²) in [5, 5.41) is 0. The highest BCUT2D eigenvalue weighted by Gasteiger charge is 2.30. The van der Waals surface area contributed by atoms with Gasteiger partial charge in [-0.15, -0.1) is 0 Å². The maximum absolute atomic E-state index is 11.6. The summed E-state index contributed by atoms with van der Waals surface area (Å²) in [6.45, 7) is 3.14. The second kappa shape index (κ2) is 8.31. The van der Waals surface area contributed by atoms with Crippen LogP contribution in [0.4, 0.5) is 0 Å². The van der Waals surface area contributed by atoms with Crippen molar-refractivity contribution in [3.63, 3.8) is 0 Å². The standard InChI is InChI=1S/C11H14Br2O6/c1-5(12)8(19-9(14)6(2)13)7(10(15)17-3)11(16)18-4/h5-6H,1-4H3. The van der Waals surface area contributed by atoms with E-state index in [0.717, 1.165) is 14.2 Å². The van der Waals surface area contributed by atoms with Gasteiger partial charge in [-0.05, 0) is 13.8 Å². The summed E-state index contributed by atoms with van der Waals surface area (Å²) in [6.07, 6.45) is 0. The van der Waals surface area contributed by atoms with Crippen LogP contribution in [0.1, 0.15) is 13.8 Å². The first-order valence-corrected chi connectivity index (χ1v) is 7.00. The van der Waals surface area contributed by atoms with Crippen LogP contribution >= 0.6 is 31.9 Å². The molecule has 8 heteroatoms. The van der Waals surface area contributed by atoms with Crippen LogP contribution in [-0.2, 0) is 28.6 Å². The fourth-order valence-electron chi connectivity index (χ4n) is 1.01. The molecule has 0 saturated carbocycles. The summed E-state index contributed by atoms with van der Waals surface area (Å²) < 4.78 is 14.0. The molecule has 0 aliphatic heterocycles. The zero-order valence-corrected chi connectivity index (χ0v) is 14.0. The molecule has 0 saturated heterocycles. The van der Waals surface area contributed by atoms with Crippen LogP contribution in [0.2, 0.25) is 0 Å². The predicted molar refractivity (Wildman–Crippen MR) is 73.9 cm³/mol. The van der Waals surface area contributed by atoms with Crippen LogP contribution in [0.5, 0.6) is 0 Å². The first kappa shape index (κ1) is 18.1. The minimum Gasteiger partial charge on any atom is -0.465 e. The first-order chi connectivity index (χ1) is 8.76. The van der Waals surface area contributed by atoms with Gasteiger partial charge in [-0.25, -0.2) is 9.59 Å². The third-order valence-corrected chi connectivity index (χ3v) is 2.71. The van der Waals surface area contributed by atoms with Gasteiger partial charge < -0.3 is 14.2 Å². The number of halogens is 2. The highest BCUT2D eigenvalue weighted by Crippen LogP contribution is 2.21. The molecule has 0 N–H and O–H groups in total. The molecule has 0 aliphatic carbocycles. The van der Waals surface area contributed by atoms with Gasteiger partial charge in [0.15, 0.2) is 5.57 Å². The van der Waals surface area contributed by atoms with Crippen molar-refractivity contribution in [2.45, 2.75) is 23.5 Å². The minimum absolute atomic E-state index is 0.157. The molecule has 0 heterocycles. The number of rotatable bonds is 5. The van der Waals surface area contributed by atoms with Crippen molar-refractivity contribution in [2.75, 3.05) is 14.2 Å². The van der Waals surface area contributed by atoms with Crippen molar-refractivity contribution in [1.82, 2.24) is 0 Å². The maximum Gasteiger partial charge on any atom is 0.348 e. The molecule has 0 rings (SSSR count). The monoisotopic (exact) mass is 400 g/mol. The summed E-state index contributed by atoms with van der Waals surface area (Å²) in [6, 6.07) is 0. The van der Waals surface area contributed by atoms with E-state index in [0.29, 0.717) is 0 Å². The number of ether oxygens (including phenoxy) is 3. The van der Waals surface area contributed by atoms with Crippen molar-refractivity contribution in [2.24, 2.45) is 0 Å². The zero-order valence-electron chi connectivity index (χ0n) is 10.9. The Balaban J connectivity index is 5.68. The SMILES string of the molecule is COC(=O)C(C(=O)OC)=C(OC(=O)C(C)Br)C(C)Br. The van der Waals surface area contributed by atoms with Gasteiger partial charge in [0, 0.05) is 0 Å². The molecule has 2 unspecified atom stereocenters. The Bertz CT molecular complexity index is 382. The minimum atomic E-state index is -0.942. The summed E-state index contributed by atoms with van der Waals surface area (Å²) >= 11 is 6.18. The lowest BCUT2D eigenvalue weighted by Crippen LogP contribution is -2.25. The smallest absolute Gasteiger partial charge is 0.348 e. The molecular weight excluding hydrogens is 388 g/mol. The molecular formula is C11H14Br2O6. The van der Waals surface area contributed by atoms with E-state index in [4.69, 9.17) is 4.74 Å². The van der Waals surface area contributed by atoms with Gasteiger partial charge in [-0.2, -0.15) is 0 Å². The van der Waals surface area contributed by atoms with E-state index in [2.05, 4.69) is 41.3 Å². The number of hydrogen-bond donors (Lipinski definition) is 0. The van der Waals surface area contributed by atoms with Crippen LogP contribution < -0.4 is 0 Å². The van der Waals surface area contributed by atoms with E-state index in [9.17, 15) is 14.4 Å². The van der Waals surface area contributed by atoms with Crippen LogP contribution in [0.25, 0.3) is 0 Å². The fraction of sp³-hybridized carbons (Fsp3) is 0.545. The molecule has 0 aromatic rings. The summed E-state index contributed by atoms with van der Waals surface area (Å²) in [4.78, 5) is 33.6.